The molecule has 0 radical (unpaired) electrons. The molecule has 3 N–H and O–H groups in total. The Kier molecular flexibility index (Phi) is 15.3. The van der Waals surface area contributed by atoms with Crippen molar-refractivity contribution in [2.24, 2.45) is 17.8 Å². The van der Waals surface area contributed by atoms with Crippen molar-refractivity contribution in [1.29, 1.82) is 0 Å². The lowest BCUT2D eigenvalue weighted by molar-refractivity contribution is -0.139. The van der Waals surface area contributed by atoms with E-state index in [4.69, 9.17) is 18.9 Å². The Bertz CT molecular complexity index is 1010. The van der Waals surface area contributed by atoms with Crippen LogP contribution in [-0.4, -0.2) is 124 Å². The SMILES string of the molecule is COc1cccc([C@@H]2[C@@H](C(C)C)CN(C(C)=O)C[C@H](OC)[C@@H](O)[C@@H](O)COCCCCN2C(=O)CNCC2CCOCC2)c1. The Morgan fingerprint density at radius 2 is 1.82 bits per heavy atom. The van der Waals surface area contributed by atoms with Gasteiger partial charge in [0.2, 0.25) is 11.8 Å². The lowest BCUT2D eigenvalue weighted by Crippen LogP contribution is -2.51. The monoisotopic (exact) mass is 621 g/mol. The van der Waals surface area contributed by atoms with Crippen LogP contribution in [-0.2, 0) is 23.8 Å². The van der Waals surface area contributed by atoms with Crippen LogP contribution in [0.2, 0.25) is 0 Å². The van der Waals surface area contributed by atoms with Gasteiger partial charge in [0.1, 0.15) is 24.1 Å². The first-order valence-corrected chi connectivity index (χ1v) is 16.1. The Hall–Kier alpha value is -2.28. The van der Waals surface area contributed by atoms with E-state index >= 15 is 0 Å². The van der Waals surface area contributed by atoms with Crippen LogP contribution in [0.25, 0.3) is 0 Å². The summed E-state index contributed by atoms with van der Waals surface area (Å²) in [5.74, 6) is 0.911. The Morgan fingerprint density at radius 1 is 1.07 bits per heavy atom. The first kappa shape index (κ1) is 36.2. The third-order valence-corrected chi connectivity index (χ3v) is 8.98. The number of rotatable bonds is 8. The Morgan fingerprint density at radius 3 is 2.48 bits per heavy atom. The fourth-order valence-corrected chi connectivity index (χ4v) is 6.18. The van der Waals surface area contributed by atoms with Crippen molar-refractivity contribution in [1.82, 2.24) is 15.1 Å². The summed E-state index contributed by atoms with van der Waals surface area (Å²) in [7, 11) is 3.08. The highest BCUT2D eigenvalue weighted by atomic mass is 16.5. The van der Waals surface area contributed by atoms with Gasteiger partial charge in [0.15, 0.2) is 0 Å². The van der Waals surface area contributed by atoms with E-state index in [9.17, 15) is 19.8 Å². The third-order valence-electron chi connectivity index (χ3n) is 8.98. The van der Waals surface area contributed by atoms with Crippen LogP contribution >= 0.6 is 0 Å². The highest BCUT2D eigenvalue weighted by Gasteiger charge is 2.37. The molecule has 5 atom stereocenters. The standard InChI is InChI=1S/C33H55N3O8/c1-23(2)28-20-35(24(3)37)21-30(42-5)33(40)29(38)22-44-14-7-6-13-36(32(28)26-9-8-10-27(17-26)41-4)31(39)19-34-18-25-11-15-43-16-12-25/h8-10,17,23,25,28-30,32-34,38,40H,6-7,11-16,18-22H2,1-5H3/t28-,29+,30+,32-,33+/m1/s1. The summed E-state index contributed by atoms with van der Waals surface area (Å²) in [5.41, 5.74) is 0.934. The summed E-state index contributed by atoms with van der Waals surface area (Å²) in [5, 5.41) is 24.9. The van der Waals surface area contributed by atoms with Gasteiger partial charge in [0, 0.05) is 59.4 Å². The molecule has 0 spiro atoms. The van der Waals surface area contributed by atoms with Crippen LogP contribution in [0, 0.1) is 17.8 Å². The van der Waals surface area contributed by atoms with E-state index in [0.717, 1.165) is 38.2 Å². The molecule has 2 fully saturated rings. The second-order valence-electron chi connectivity index (χ2n) is 12.4. The molecule has 3 rings (SSSR count). The van der Waals surface area contributed by atoms with Crippen LogP contribution in [0.4, 0.5) is 0 Å². The topological polar surface area (TPSA) is 130 Å². The second-order valence-corrected chi connectivity index (χ2v) is 12.4. The van der Waals surface area contributed by atoms with Gasteiger partial charge < -0.3 is 44.3 Å². The number of ether oxygens (including phenoxy) is 4. The lowest BCUT2D eigenvalue weighted by Gasteiger charge is -2.42. The molecule has 2 saturated heterocycles. The number of carbonyl (C=O) groups is 2. The summed E-state index contributed by atoms with van der Waals surface area (Å²) in [6.45, 7) is 9.42. The number of hydrogen-bond acceptors (Lipinski definition) is 9. The van der Waals surface area contributed by atoms with Gasteiger partial charge in [-0.25, -0.2) is 0 Å². The average Bonchev–Trinajstić information content (AvgIpc) is 3.02. The molecule has 2 aliphatic rings. The number of methoxy groups -OCH3 is 2. The average molecular weight is 622 g/mol. The molecule has 0 aromatic heterocycles. The second kappa shape index (κ2) is 18.6. The van der Waals surface area contributed by atoms with Crippen molar-refractivity contribution in [2.75, 3.05) is 73.4 Å². The molecule has 44 heavy (non-hydrogen) atoms. The van der Waals surface area contributed by atoms with E-state index in [1.165, 1.54) is 14.0 Å². The number of aliphatic hydroxyl groups excluding tert-OH is 2. The van der Waals surface area contributed by atoms with E-state index in [1.54, 1.807) is 12.0 Å². The number of benzene rings is 1. The predicted molar refractivity (Wildman–Crippen MR) is 167 cm³/mol. The molecule has 11 heteroatoms. The lowest BCUT2D eigenvalue weighted by atomic mass is 9.82. The van der Waals surface area contributed by atoms with Gasteiger partial charge in [0.25, 0.3) is 0 Å². The van der Waals surface area contributed by atoms with Crippen molar-refractivity contribution in [3.63, 3.8) is 0 Å². The zero-order valence-corrected chi connectivity index (χ0v) is 27.3. The van der Waals surface area contributed by atoms with Crippen LogP contribution < -0.4 is 10.1 Å². The fourth-order valence-electron chi connectivity index (χ4n) is 6.18. The highest BCUT2D eigenvalue weighted by molar-refractivity contribution is 5.79. The molecule has 1 aromatic rings. The fraction of sp³-hybridized carbons (Fsp3) is 0.758. The smallest absolute Gasteiger partial charge is 0.237 e. The van der Waals surface area contributed by atoms with Crippen molar-refractivity contribution < 1.29 is 38.7 Å². The minimum Gasteiger partial charge on any atom is -0.497 e. The molecular formula is C33H55N3O8. The van der Waals surface area contributed by atoms with E-state index in [2.05, 4.69) is 19.2 Å². The molecule has 0 aliphatic carbocycles. The largest absolute Gasteiger partial charge is 0.497 e. The maximum Gasteiger partial charge on any atom is 0.237 e. The van der Waals surface area contributed by atoms with Gasteiger partial charge in [-0.1, -0.05) is 26.0 Å². The van der Waals surface area contributed by atoms with E-state index in [-0.39, 0.29) is 49.4 Å². The Labute approximate surface area is 263 Å². The number of aliphatic hydroxyl groups is 2. The van der Waals surface area contributed by atoms with Gasteiger partial charge in [-0.2, -0.15) is 0 Å². The zero-order chi connectivity index (χ0) is 32.1. The quantitative estimate of drug-likeness (QED) is 0.400. The summed E-state index contributed by atoms with van der Waals surface area (Å²) in [6, 6.07) is 7.46. The van der Waals surface area contributed by atoms with E-state index in [0.29, 0.717) is 44.2 Å². The first-order chi connectivity index (χ1) is 21.2. The van der Waals surface area contributed by atoms with Crippen LogP contribution in [0.3, 0.4) is 0 Å². The Balaban J connectivity index is 2.01. The number of carbonyl (C=O) groups excluding carboxylic acids is 2. The molecule has 0 unspecified atom stereocenters. The van der Waals surface area contributed by atoms with Crippen LogP contribution in [0.1, 0.15) is 58.1 Å². The molecule has 1 aromatic carbocycles. The van der Waals surface area contributed by atoms with Crippen LogP contribution in [0.5, 0.6) is 5.75 Å². The van der Waals surface area contributed by atoms with E-state index < -0.39 is 18.3 Å². The summed E-state index contributed by atoms with van der Waals surface area (Å²) in [4.78, 5) is 30.8. The first-order valence-electron chi connectivity index (χ1n) is 16.1. The molecule has 2 heterocycles. The molecule has 11 nitrogen and oxygen atoms in total. The molecule has 250 valence electrons. The number of nitrogens with zero attached hydrogens (tertiary/aromatic N) is 2. The molecule has 0 saturated carbocycles. The van der Waals surface area contributed by atoms with Crippen molar-refractivity contribution >= 4 is 11.8 Å². The van der Waals surface area contributed by atoms with Gasteiger partial charge in [0.05, 0.1) is 26.3 Å². The maximum atomic E-state index is 14.2. The van der Waals surface area contributed by atoms with E-state index in [1.807, 2.05) is 29.2 Å². The summed E-state index contributed by atoms with van der Waals surface area (Å²) >= 11 is 0. The number of nitrogens with one attached hydrogen (secondary N) is 1. The molecule has 2 amide bonds. The summed E-state index contributed by atoms with van der Waals surface area (Å²) < 4.78 is 22.4. The summed E-state index contributed by atoms with van der Waals surface area (Å²) in [6.07, 6.45) is 0.110. The third kappa shape index (κ3) is 10.7. The molecular weight excluding hydrogens is 566 g/mol. The van der Waals surface area contributed by atoms with Crippen LogP contribution in [0.15, 0.2) is 24.3 Å². The van der Waals surface area contributed by atoms with Gasteiger partial charge in [-0.15, -0.1) is 0 Å². The van der Waals surface area contributed by atoms with Gasteiger partial charge >= 0.3 is 0 Å². The zero-order valence-electron chi connectivity index (χ0n) is 27.3. The molecule has 2 aliphatic heterocycles. The predicted octanol–water partition coefficient (Wildman–Crippen LogP) is 2.25. The minimum atomic E-state index is -1.24. The highest BCUT2D eigenvalue weighted by Crippen LogP contribution is 2.36. The number of hydrogen-bond donors (Lipinski definition) is 3. The molecule has 0 bridgehead atoms. The minimum absolute atomic E-state index is 0.00393. The van der Waals surface area contributed by atoms with Crippen molar-refractivity contribution in [3.05, 3.63) is 29.8 Å². The van der Waals surface area contributed by atoms with Crippen molar-refractivity contribution in [2.45, 2.75) is 70.8 Å². The van der Waals surface area contributed by atoms with Gasteiger partial charge in [-0.05, 0) is 61.8 Å². The van der Waals surface area contributed by atoms with Crippen molar-refractivity contribution in [3.8, 4) is 5.75 Å². The normalized spacial score (nSPS) is 27.0. The number of amides is 2. The maximum absolute atomic E-state index is 14.2. The van der Waals surface area contributed by atoms with Gasteiger partial charge in [-0.3, -0.25) is 9.59 Å².